The molecule has 31 heavy (non-hydrogen) atoms. The molecule has 0 aliphatic carbocycles. The third kappa shape index (κ3) is 3.95. The van der Waals surface area contributed by atoms with Gasteiger partial charge in [-0.3, -0.25) is 9.36 Å². The van der Waals surface area contributed by atoms with Crippen LogP contribution in [0.1, 0.15) is 45.5 Å². The minimum Gasteiger partial charge on any atom is -0.356 e. The van der Waals surface area contributed by atoms with Crippen LogP contribution in [-0.4, -0.2) is 34.1 Å². The number of aromatic nitrogens is 2. The number of benzene rings is 2. The first kappa shape index (κ1) is 21.1. The van der Waals surface area contributed by atoms with Crippen molar-refractivity contribution < 1.29 is 9.53 Å². The van der Waals surface area contributed by atoms with Crippen LogP contribution < -0.4 is 4.90 Å². The van der Waals surface area contributed by atoms with Crippen LogP contribution in [0.15, 0.2) is 42.5 Å². The Balaban J connectivity index is 1.72. The van der Waals surface area contributed by atoms with Crippen molar-refractivity contribution in [3.8, 4) is 0 Å². The van der Waals surface area contributed by atoms with E-state index >= 15 is 0 Å². The van der Waals surface area contributed by atoms with Crippen molar-refractivity contribution >= 4 is 17.4 Å². The van der Waals surface area contributed by atoms with Gasteiger partial charge in [0.05, 0.1) is 19.0 Å². The quantitative estimate of drug-likeness (QED) is 0.581. The zero-order valence-corrected chi connectivity index (χ0v) is 19.0. The van der Waals surface area contributed by atoms with Crippen LogP contribution in [-0.2, 0) is 24.5 Å². The van der Waals surface area contributed by atoms with Crippen LogP contribution >= 0.6 is 0 Å². The molecular formula is C25H30N4O2. The van der Waals surface area contributed by atoms with Crippen molar-refractivity contribution in [2.24, 2.45) is 0 Å². The van der Waals surface area contributed by atoms with Gasteiger partial charge in [0.15, 0.2) is 11.5 Å². The van der Waals surface area contributed by atoms with Crippen molar-refractivity contribution in [1.29, 1.82) is 0 Å². The minimum atomic E-state index is -0.0239. The van der Waals surface area contributed by atoms with E-state index in [1.54, 1.807) is 4.90 Å². The van der Waals surface area contributed by atoms with Gasteiger partial charge in [0.1, 0.15) is 12.6 Å². The molecule has 0 spiro atoms. The zero-order chi connectivity index (χ0) is 22.1. The fourth-order valence-electron chi connectivity index (χ4n) is 4.42. The molecule has 0 N–H and O–H groups in total. The maximum Gasteiger partial charge on any atom is 0.275 e. The highest BCUT2D eigenvalue weighted by molar-refractivity contribution is 6.00. The molecule has 6 nitrogen and oxygen atoms in total. The van der Waals surface area contributed by atoms with Gasteiger partial charge >= 0.3 is 0 Å². The molecule has 0 fully saturated rings. The molecule has 2 aromatic carbocycles. The zero-order valence-electron chi connectivity index (χ0n) is 19.0. The molecular weight excluding hydrogens is 388 g/mol. The Kier molecular flexibility index (Phi) is 5.83. The Labute approximate surface area is 184 Å². The van der Waals surface area contributed by atoms with Gasteiger partial charge in [-0.2, -0.15) is 0 Å². The summed E-state index contributed by atoms with van der Waals surface area (Å²) in [6.07, 6.45) is 0.721. The normalized spacial score (nSPS) is 13.6. The molecule has 0 unspecified atom stereocenters. The molecule has 2 heterocycles. The molecule has 1 aromatic heterocycles. The third-order valence-electron chi connectivity index (χ3n) is 5.74. The van der Waals surface area contributed by atoms with E-state index in [9.17, 15) is 4.79 Å². The molecule has 0 bridgehead atoms. The van der Waals surface area contributed by atoms with Crippen LogP contribution in [0.4, 0.5) is 11.5 Å². The molecule has 3 aromatic rings. The summed E-state index contributed by atoms with van der Waals surface area (Å²) in [6, 6.07) is 14.4. The molecule has 6 heteroatoms. The largest absolute Gasteiger partial charge is 0.356 e. The maximum atomic E-state index is 13.2. The first-order valence-electron chi connectivity index (χ1n) is 10.7. The highest BCUT2D eigenvalue weighted by Gasteiger charge is 2.35. The lowest BCUT2D eigenvalue weighted by molar-refractivity contribution is 0.0555. The van der Waals surface area contributed by atoms with Crippen LogP contribution in [0.3, 0.4) is 0 Å². The Morgan fingerprint density at radius 1 is 1.06 bits per heavy atom. The number of rotatable bonds is 6. The molecule has 1 aliphatic rings. The number of hydrogen-bond acceptors (Lipinski definition) is 4. The Morgan fingerprint density at radius 2 is 1.74 bits per heavy atom. The highest BCUT2D eigenvalue weighted by atomic mass is 16.5. The molecule has 0 saturated heterocycles. The predicted octanol–water partition coefficient (Wildman–Crippen LogP) is 4.73. The number of nitrogens with zero attached hydrogens (tertiary/aromatic N) is 4. The fourth-order valence-corrected chi connectivity index (χ4v) is 4.42. The Morgan fingerprint density at radius 3 is 2.39 bits per heavy atom. The minimum absolute atomic E-state index is 0.0239. The lowest BCUT2D eigenvalue weighted by Crippen LogP contribution is -2.43. The van der Waals surface area contributed by atoms with E-state index in [-0.39, 0.29) is 5.91 Å². The molecule has 0 atom stereocenters. The van der Waals surface area contributed by atoms with Crippen LogP contribution in [0.5, 0.6) is 0 Å². The number of carbonyl (C=O) groups is 1. The van der Waals surface area contributed by atoms with Crippen molar-refractivity contribution in [3.05, 3.63) is 76.2 Å². The lowest BCUT2D eigenvalue weighted by Gasteiger charge is -2.35. The number of aryl methyl sites for hydroxylation is 4. The van der Waals surface area contributed by atoms with Crippen LogP contribution in [0.2, 0.25) is 0 Å². The van der Waals surface area contributed by atoms with E-state index in [1.807, 2.05) is 41.9 Å². The Bertz CT molecular complexity index is 1080. The smallest absolute Gasteiger partial charge is 0.275 e. The van der Waals surface area contributed by atoms with Gasteiger partial charge < -0.3 is 14.5 Å². The SMILES string of the molecule is CCc1nc2c(n1COCc1ccccc1)C(=O)N(C)CN2c1c(C)cc(C)cc1C. The molecule has 4 rings (SSSR count). The third-order valence-corrected chi connectivity index (χ3v) is 5.74. The topological polar surface area (TPSA) is 50.6 Å². The summed E-state index contributed by atoms with van der Waals surface area (Å²) in [5.41, 5.74) is 6.40. The van der Waals surface area contributed by atoms with Gasteiger partial charge in [-0.1, -0.05) is 55.0 Å². The second kappa shape index (κ2) is 8.55. The van der Waals surface area contributed by atoms with E-state index in [2.05, 4.69) is 44.7 Å². The molecule has 1 aliphatic heterocycles. The summed E-state index contributed by atoms with van der Waals surface area (Å²) < 4.78 is 7.93. The van der Waals surface area contributed by atoms with Gasteiger partial charge in [-0.25, -0.2) is 4.98 Å². The average molecular weight is 419 g/mol. The van der Waals surface area contributed by atoms with Crippen LogP contribution in [0.25, 0.3) is 0 Å². The van der Waals surface area contributed by atoms with Gasteiger partial charge in [-0.15, -0.1) is 0 Å². The van der Waals surface area contributed by atoms with Gasteiger partial charge in [0.25, 0.3) is 5.91 Å². The monoisotopic (exact) mass is 418 g/mol. The number of anilines is 2. The first-order valence-corrected chi connectivity index (χ1v) is 10.7. The van der Waals surface area contributed by atoms with Crippen molar-refractivity contribution in [2.75, 3.05) is 18.6 Å². The molecule has 0 saturated carbocycles. The number of amides is 1. The number of carbonyl (C=O) groups excluding carboxylic acids is 1. The van der Waals surface area contributed by atoms with E-state index in [1.165, 1.54) is 16.7 Å². The number of ether oxygens (including phenoxy) is 1. The van der Waals surface area contributed by atoms with Crippen molar-refractivity contribution in [2.45, 2.75) is 47.5 Å². The van der Waals surface area contributed by atoms with Gasteiger partial charge in [0, 0.05) is 13.5 Å². The van der Waals surface area contributed by atoms with E-state index < -0.39 is 0 Å². The van der Waals surface area contributed by atoms with E-state index in [4.69, 9.17) is 9.72 Å². The predicted molar refractivity (Wildman–Crippen MR) is 123 cm³/mol. The van der Waals surface area contributed by atoms with E-state index in [0.29, 0.717) is 25.7 Å². The van der Waals surface area contributed by atoms with Crippen molar-refractivity contribution in [3.63, 3.8) is 0 Å². The molecule has 0 radical (unpaired) electrons. The van der Waals surface area contributed by atoms with Crippen molar-refractivity contribution in [1.82, 2.24) is 14.5 Å². The molecule has 1 amide bonds. The summed E-state index contributed by atoms with van der Waals surface area (Å²) >= 11 is 0. The number of imidazole rings is 1. The summed E-state index contributed by atoms with van der Waals surface area (Å²) in [4.78, 5) is 22.0. The van der Waals surface area contributed by atoms with Gasteiger partial charge in [0.2, 0.25) is 0 Å². The molecule has 162 valence electrons. The highest BCUT2D eigenvalue weighted by Crippen LogP contribution is 2.37. The lowest BCUT2D eigenvalue weighted by atomic mass is 10.0. The summed E-state index contributed by atoms with van der Waals surface area (Å²) in [7, 11) is 1.84. The Hall–Kier alpha value is -3.12. The first-order chi connectivity index (χ1) is 14.9. The number of fused-ring (bicyclic) bond motifs is 1. The van der Waals surface area contributed by atoms with Gasteiger partial charge in [-0.05, 0) is 37.5 Å². The average Bonchev–Trinajstić information content (AvgIpc) is 3.10. The summed E-state index contributed by atoms with van der Waals surface area (Å²) in [6.45, 7) is 9.65. The fraction of sp³-hybridized carbons (Fsp3) is 0.360. The second-order valence-electron chi connectivity index (χ2n) is 8.26. The maximum absolute atomic E-state index is 13.2. The van der Waals surface area contributed by atoms with Crippen LogP contribution in [0, 0.1) is 20.8 Å². The summed E-state index contributed by atoms with van der Waals surface area (Å²) in [5, 5.41) is 0. The summed E-state index contributed by atoms with van der Waals surface area (Å²) in [5.74, 6) is 1.55. The van der Waals surface area contributed by atoms with E-state index in [0.717, 1.165) is 29.3 Å². The number of hydrogen-bond donors (Lipinski definition) is 0. The second-order valence-corrected chi connectivity index (χ2v) is 8.26. The standard InChI is InChI=1S/C25H30N4O2/c1-6-21-26-24-23(29(21)16-31-14-20-10-8-7-9-11-20)25(30)27(5)15-28(24)22-18(3)12-17(2)13-19(22)4/h7-13H,6,14-16H2,1-5H3.